The maximum atomic E-state index is 12.7. The number of benzene rings is 1. The van der Waals surface area contributed by atoms with Gasteiger partial charge in [0.1, 0.15) is 10.8 Å². The van der Waals surface area contributed by atoms with Crippen LogP contribution in [0.1, 0.15) is 40.4 Å². The van der Waals surface area contributed by atoms with Crippen molar-refractivity contribution in [3.05, 3.63) is 64.6 Å². The fraction of sp³-hybridized carbons (Fsp3) is 0.364. The summed E-state index contributed by atoms with van der Waals surface area (Å²) in [6, 6.07) is 8.63. The maximum Gasteiger partial charge on any atom is 0.416 e. The molecule has 5 nitrogen and oxygen atoms in total. The third-order valence-corrected chi connectivity index (χ3v) is 6.22. The zero-order chi connectivity index (χ0) is 22.0. The van der Waals surface area contributed by atoms with E-state index < -0.39 is 11.7 Å². The molecule has 1 saturated heterocycles. The Hall–Kier alpha value is -2.65. The number of piperidine rings is 1. The van der Waals surface area contributed by atoms with E-state index >= 15 is 0 Å². The van der Waals surface area contributed by atoms with Gasteiger partial charge in [0, 0.05) is 36.6 Å². The van der Waals surface area contributed by atoms with E-state index in [1.807, 2.05) is 5.38 Å². The zero-order valence-electron chi connectivity index (χ0n) is 16.9. The van der Waals surface area contributed by atoms with Crippen molar-refractivity contribution in [1.82, 2.24) is 15.2 Å². The van der Waals surface area contributed by atoms with Crippen molar-refractivity contribution in [2.75, 3.05) is 13.1 Å². The van der Waals surface area contributed by atoms with Crippen LogP contribution in [-0.2, 0) is 12.7 Å². The standard InChI is InChI=1S/C22H22F3N3O2S/c1-14-2-7-19(30-14)20(29)26-17-8-10-28(11-9-17)12-18-13-31-21(27-18)15-3-5-16(6-4-15)22(23,24)25/h2-7,13,17H,8-12H2,1H3,(H,26,29). The predicted octanol–water partition coefficient (Wildman–Crippen LogP) is 5.12. The number of nitrogens with zero attached hydrogens (tertiary/aromatic N) is 2. The molecule has 3 heterocycles. The van der Waals surface area contributed by atoms with Crippen molar-refractivity contribution in [1.29, 1.82) is 0 Å². The Balaban J connectivity index is 1.28. The molecule has 1 amide bonds. The normalized spacial score (nSPS) is 15.9. The first-order valence-electron chi connectivity index (χ1n) is 9.99. The molecule has 0 radical (unpaired) electrons. The maximum absolute atomic E-state index is 12.7. The van der Waals surface area contributed by atoms with Crippen LogP contribution < -0.4 is 5.32 Å². The van der Waals surface area contributed by atoms with Crippen LogP contribution in [0.3, 0.4) is 0 Å². The second kappa shape index (κ2) is 8.84. The lowest BCUT2D eigenvalue weighted by atomic mass is 10.0. The highest BCUT2D eigenvalue weighted by Crippen LogP contribution is 2.32. The molecule has 1 N–H and O–H groups in total. The smallest absolute Gasteiger partial charge is 0.416 e. The monoisotopic (exact) mass is 449 g/mol. The Bertz CT molecular complexity index is 1030. The van der Waals surface area contributed by atoms with Gasteiger partial charge in [-0.2, -0.15) is 13.2 Å². The van der Waals surface area contributed by atoms with Crippen molar-refractivity contribution in [2.45, 2.75) is 38.5 Å². The summed E-state index contributed by atoms with van der Waals surface area (Å²) in [5, 5.41) is 5.67. The SMILES string of the molecule is Cc1ccc(C(=O)NC2CCN(Cc3csc(-c4ccc(C(F)(F)F)cc4)n3)CC2)o1. The van der Waals surface area contributed by atoms with Crippen LogP contribution in [-0.4, -0.2) is 34.9 Å². The summed E-state index contributed by atoms with van der Waals surface area (Å²) >= 11 is 1.43. The Morgan fingerprint density at radius 1 is 1.19 bits per heavy atom. The number of rotatable bonds is 5. The molecule has 1 fully saturated rings. The number of thiazole rings is 1. The summed E-state index contributed by atoms with van der Waals surface area (Å²) in [6.07, 6.45) is -2.67. The molecule has 0 bridgehead atoms. The van der Waals surface area contributed by atoms with Crippen LogP contribution in [0.4, 0.5) is 13.2 Å². The predicted molar refractivity (Wildman–Crippen MR) is 112 cm³/mol. The van der Waals surface area contributed by atoms with Gasteiger partial charge in [0.2, 0.25) is 0 Å². The Kier molecular flexibility index (Phi) is 6.15. The van der Waals surface area contributed by atoms with Gasteiger partial charge in [-0.3, -0.25) is 9.69 Å². The van der Waals surface area contributed by atoms with Gasteiger partial charge in [-0.15, -0.1) is 11.3 Å². The van der Waals surface area contributed by atoms with Crippen molar-refractivity contribution in [2.24, 2.45) is 0 Å². The highest BCUT2D eigenvalue weighted by molar-refractivity contribution is 7.13. The highest BCUT2D eigenvalue weighted by atomic mass is 32.1. The van der Waals surface area contributed by atoms with Gasteiger partial charge in [0.25, 0.3) is 5.91 Å². The molecular weight excluding hydrogens is 427 g/mol. The van der Waals surface area contributed by atoms with Crippen LogP contribution in [0.25, 0.3) is 10.6 Å². The first-order chi connectivity index (χ1) is 14.8. The third kappa shape index (κ3) is 5.34. The minimum absolute atomic E-state index is 0.104. The lowest BCUT2D eigenvalue weighted by Crippen LogP contribution is -2.44. The summed E-state index contributed by atoms with van der Waals surface area (Å²) in [7, 11) is 0. The molecular formula is C22H22F3N3O2S. The molecule has 3 aromatic rings. The average molecular weight is 449 g/mol. The summed E-state index contributed by atoms with van der Waals surface area (Å²) < 4.78 is 43.5. The molecule has 1 aromatic carbocycles. The average Bonchev–Trinajstić information content (AvgIpc) is 3.38. The number of carbonyl (C=O) groups excluding carboxylic acids is 1. The molecule has 2 aromatic heterocycles. The van der Waals surface area contributed by atoms with E-state index in [4.69, 9.17) is 4.42 Å². The van der Waals surface area contributed by atoms with Gasteiger partial charge in [-0.05, 0) is 44.0 Å². The molecule has 31 heavy (non-hydrogen) atoms. The number of aryl methyl sites for hydroxylation is 1. The molecule has 1 aliphatic heterocycles. The Labute approximate surface area is 181 Å². The second-order valence-electron chi connectivity index (χ2n) is 7.65. The van der Waals surface area contributed by atoms with Gasteiger partial charge in [-0.25, -0.2) is 4.98 Å². The summed E-state index contributed by atoms with van der Waals surface area (Å²) in [5.41, 5.74) is 0.914. The molecule has 0 spiro atoms. The van der Waals surface area contributed by atoms with E-state index in [-0.39, 0.29) is 11.9 Å². The second-order valence-corrected chi connectivity index (χ2v) is 8.51. The van der Waals surface area contributed by atoms with Gasteiger partial charge >= 0.3 is 6.18 Å². The fourth-order valence-electron chi connectivity index (χ4n) is 3.59. The summed E-state index contributed by atoms with van der Waals surface area (Å²) in [4.78, 5) is 19.1. The van der Waals surface area contributed by atoms with Crippen molar-refractivity contribution in [3.8, 4) is 10.6 Å². The molecule has 1 aliphatic rings. The van der Waals surface area contributed by atoms with Crippen LogP contribution in [0.5, 0.6) is 0 Å². The Morgan fingerprint density at radius 2 is 1.90 bits per heavy atom. The molecule has 164 valence electrons. The van der Waals surface area contributed by atoms with Crippen molar-refractivity contribution < 1.29 is 22.4 Å². The van der Waals surface area contributed by atoms with Crippen LogP contribution in [0.2, 0.25) is 0 Å². The number of nitrogens with one attached hydrogen (secondary N) is 1. The fourth-order valence-corrected chi connectivity index (χ4v) is 4.41. The van der Waals surface area contributed by atoms with Gasteiger partial charge in [-0.1, -0.05) is 12.1 Å². The number of halogens is 3. The quantitative estimate of drug-likeness (QED) is 0.587. The van der Waals surface area contributed by atoms with Gasteiger partial charge in [0.15, 0.2) is 5.76 Å². The number of hydrogen-bond acceptors (Lipinski definition) is 5. The van der Waals surface area contributed by atoms with Crippen LogP contribution >= 0.6 is 11.3 Å². The molecule has 0 atom stereocenters. The summed E-state index contributed by atoms with van der Waals surface area (Å²) in [6.45, 7) is 4.14. The molecule has 0 unspecified atom stereocenters. The van der Waals surface area contributed by atoms with Gasteiger partial charge in [0.05, 0.1) is 11.3 Å². The number of alkyl halides is 3. The molecule has 4 rings (SSSR count). The number of furan rings is 1. The zero-order valence-corrected chi connectivity index (χ0v) is 17.7. The summed E-state index contributed by atoms with van der Waals surface area (Å²) in [5.74, 6) is 0.851. The molecule has 0 aliphatic carbocycles. The first-order valence-corrected chi connectivity index (χ1v) is 10.9. The topological polar surface area (TPSA) is 58.4 Å². The van der Waals surface area contributed by atoms with Gasteiger partial charge < -0.3 is 9.73 Å². The minimum Gasteiger partial charge on any atom is -0.456 e. The molecule has 0 saturated carbocycles. The first kappa shape index (κ1) is 21.6. The number of likely N-dealkylation sites (tertiary alicyclic amines) is 1. The number of hydrogen-bond donors (Lipinski definition) is 1. The van der Waals surface area contributed by atoms with E-state index in [0.29, 0.717) is 28.6 Å². The Morgan fingerprint density at radius 3 is 2.52 bits per heavy atom. The highest BCUT2D eigenvalue weighted by Gasteiger charge is 2.30. The van der Waals surface area contributed by atoms with E-state index in [1.54, 1.807) is 19.1 Å². The van der Waals surface area contributed by atoms with Crippen molar-refractivity contribution in [3.63, 3.8) is 0 Å². The van der Waals surface area contributed by atoms with Crippen molar-refractivity contribution >= 4 is 17.2 Å². The lowest BCUT2D eigenvalue weighted by molar-refractivity contribution is -0.137. The third-order valence-electron chi connectivity index (χ3n) is 5.28. The van der Waals surface area contributed by atoms with Crippen LogP contribution in [0.15, 0.2) is 46.2 Å². The van der Waals surface area contributed by atoms with E-state index in [1.165, 1.54) is 23.5 Å². The van der Waals surface area contributed by atoms with E-state index in [0.717, 1.165) is 43.8 Å². The number of carbonyl (C=O) groups is 1. The van der Waals surface area contributed by atoms with E-state index in [2.05, 4.69) is 15.2 Å². The number of amides is 1. The van der Waals surface area contributed by atoms with E-state index in [9.17, 15) is 18.0 Å². The minimum atomic E-state index is -4.34. The number of aromatic nitrogens is 1. The van der Waals surface area contributed by atoms with Crippen LogP contribution in [0, 0.1) is 6.92 Å². The molecule has 9 heteroatoms. The lowest BCUT2D eigenvalue weighted by Gasteiger charge is -2.31. The largest absolute Gasteiger partial charge is 0.456 e.